The van der Waals surface area contributed by atoms with Gasteiger partial charge in [-0.25, -0.2) is 0 Å². The molecule has 3 heteroatoms. The van der Waals surface area contributed by atoms with Gasteiger partial charge in [0.1, 0.15) is 18.5 Å². The largest absolute Gasteiger partial charge is 0.491 e. The summed E-state index contributed by atoms with van der Waals surface area (Å²) in [6, 6.07) is 16.4. The molecule has 0 radical (unpaired) electrons. The topological polar surface area (TPSA) is 32.7 Å². The van der Waals surface area contributed by atoms with Gasteiger partial charge in [-0.2, -0.15) is 0 Å². The number of anilines is 1. The van der Waals surface area contributed by atoms with Crippen LogP contribution in [0.25, 0.3) is 0 Å². The first-order valence-electron chi connectivity index (χ1n) is 7.93. The number of aliphatic hydroxyl groups is 1. The summed E-state index contributed by atoms with van der Waals surface area (Å²) in [5.74, 6) is 0.818. The molecule has 0 saturated carbocycles. The van der Waals surface area contributed by atoms with Crippen molar-refractivity contribution in [2.75, 3.05) is 24.6 Å². The van der Waals surface area contributed by atoms with Crippen molar-refractivity contribution in [3.05, 3.63) is 59.7 Å². The summed E-state index contributed by atoms with van der Waals surface area (Å²) in [6.45, 7) is 3.97. The van der Waals surface area contributed by atoms with E-state index in [4.69, 9.17) is 4.74 Å². The fourth-order valence-electron chi connectivity index (χ4n) is 3.01. The van der Waals surface area contributed by atoms with E-state index in [1.54, 1.807) is 0 Å². The lowest BCUT2D eigenvalue weighted by Gasteiger charge is -2.32. The van der Waals surface area contributed by atoms with Crippen LogP contribution in [-0.2, 0) is 6.42 Å². The monoisotopic (exact) mass is 297 g/mol. The molecule has 1 atom stereocenters. The Labute approximate surface area is 132 Å². The molecule has 1 aliphatic heterocycles. The second-order valence-electron chi connectivity index (χ2n) is 5.96. The molecule has 0 bridgehead atoms. The zero-order valence-corrected chi connectivity index (χ0v) is 13.0. The minimum absolute atomic E-state index is 0.322. The van der Waals surface area contributed by atoms with Crippen LogP contribution in [0, 0.1) is 6.92 Å². The second-order valence-corrected chi connectivity index (χ2v) is 5.96. The highest BCUT2D eigenvalue weighted by Crippen LogP contribution is 2.26. The summed E-state index contributed by atoms with van der Waals surface area (Å²) in [5.41, 5.74) is 3.79. The van der Waals surface area contributed by atoms with Crippen molar-refractivity contribution in [2.24, 2.45) is 0 Å². The number of nitrogens with zero attached hydrogens (tertiary/aromatic N) is 1. The first-order valence-corrected chi connectivity index (χ1v) is 7.93. The number of aryl methyl sites for hydroxylation is 2. The van der Waals surface area contributed by atoms with E-state index in [1.807, 2.05) is 31.2 Å². The average molecular weight is 297 g/mol. The lowest BCUT2D eigenvalue weighted by Crippen LogP contribution is -2.38. The van der Waals surface area contributed by atoms with E-state index < -0.39 is 6.10 Å². The third-order valence-corrected chi connectivity index (χ3v) is 4.07. The van der Waals surface area contributed by atoms with Crippen LogP contribution in [0.4, 0.5) is 5.69 Å². The molecule has 0 saturated heterocycles. The van der Waals surface area contributed by atoms with Crippen LogP contribution in [0.15, 0.2) is 48.5 Å². The number of ether oxygens (including phenoxy) is 1. The highest BCUT2D eigenvalue weighted by Gasteiger charge is 2.19. The van der Waals surface area contributed by atoms with E-state index in [0.29, 0.717) is 13.2 Å². The Hall–Kier alpha value is -2.00. The number of aliphatic hydroxyl groups excluding tert-OH is 1. The van der Waals surface area contributed by atoms with Crippen LogP contribution >= 0.6 is 0 Å². The van der Waals surface area contributed by atoms with Crippen molar-refractivity contribution in [2.45, 2.75) is 25.9 Å². The maximum Gasteiger partial charge on any atom is 0.119 e. The van der Waals surface area contributed by atoms with Crippen molar-refractivity contribution in [3.63, 3.8) is 0 Å². The molecule has 3 nitrogen and oxygen atoms in total. The molecule has 2 aromatic rings. The van der Waals surface area contributed by atoms with Crippen molar-refractivity contribution in [3.8, 4) is 5.75 Å². The van der Waals surface area contributed by atoms with Crippen LogP contribution in [-0.4, -0.2) is 30.9 Å². The van der Waals surface area contributed by atoms with E-state index in [1.165, 1.54) is 11.3 Å². The molecule has 3 rings (SSSR count). The van der Waals surface area contributed by atoms with Crippen LogP contribution in [0.5, 0.6) is 5.75 Å². The summed E-state index contributed by atoms with van der Waals surface area (Å²) in [4.78, 5) is 2.27. The molecule has 0 spiro atoms. The van der Waals surface area contributed by atoms with Gasteiger partial charge in [-0.05, 0) is 49.1 Å². The number of β-amino-alcohol motifs (C(OH)–C–C–N with tert-alkyl or cyclic N) is 1. The zero-order valence-electron chi connectivity index (χ0n) is 13.0. The van der Waals surface area contributed by atoms with Gasteiger partial charge in [0, 0.05) is 18.8 Å². The van der Waals surface area contributed by atoms with Crippen LogP contribution in [0.1, 0.15) is 17.5 Å². The second kappa shape index (κ2) is 6.84. The molecule has 0 amide bonds. The van der Waals surface area contributed by atoms with Crippen LogP contribution in [0.2, 0.25) is 0 Å². The number of hydrogen-bond donors (Lipinski definition) is 1. The van der Waals surface area contributed by atoms with E-state index in [2.05, 4.69) is 29.2 Å². The summed E-state index contributed by atoms with van der Waals surface area (Å²) in [5, 5.41) is 10.3. The average Bonchev–Trinajstić information content (AvgIpc) is 2.53. The number of hydrogen-bond acceptors (Lipinski definition) is 3. The molecule has 22 heavy (non-hydrogen) atoms. The van der Waals surface area contributed by atoms with E-state index >= 15 is 0 Å². The van der Waals surface area contributed by atoms with E-state index in [-0.39, 0.29) is 0 Å². The smallest absolute Gasteiger partial charge is 0.119 e. The fourth-order valence-corrected chi connectivity index (χ4v) is 3.01. The van der Waals surface area contributed by atoms with Gasteiger partial charge in [-0.15, -0.1) is 0 Å². The fraction of sp³-hybridized carbons (Fsp3) is 0.368. The predicted molar refractivity (Wildman–Crippen MR) is 89.7 cm³/mol. The molecule has 0 fully saturated rings. The summed E-state index contributed by atoms with van der Waals surface area (Å²) in [7, 11) is 0. The molecule has 2 aromatic carbocycles. The Kier molecular flexibility index (Phi) is 4.64. The Bertz CT molecular complexity index is 626. The first-order chi connectivity index (χ1) is 10.7. The van der Waals surface area contributed by atoms with Crippen molar-refractivity contribution in [1.82, 2.24) is 0 Å². The number of fused-ring (bicyclic) bond motifs is 1. The van der Waals surface area contributed by atoms with Gasteiger partial charge in [0.15, 0.2) is 0 Å². The Morgan fingerprint density at radius 2 is 2.05 bits per heavy atom. The Balaban J connectivity index is 1.57. The van der Waals surface area contributed by atoms with Crippen molar-refractivity contribution in [1.29, 1.82) is 0 Å². The van der Waals surface area contributed by atoms with Gasteiger partial charge in [0.25, 0.3) is 0 Å². The Morgan fingerprint density at radius 1 is 1.18 bits per heavy atom. The maximum atomic E-state index is 10.3. The van der Waals surface area contributed by atoms with Crippen molar-refractivity contribution >= 4 is 5.69 Å². The molecule has 1 heterocycles. The summed E-state index contributed by atoms with van der Waals surface area (Å²) >= 11 is 0. The van der Waals surface area contributed by atoms with Crippen LogP contribution in [0.3, 0.4) is 0 Å². The highest BCUT2D eigenvalue weighted by atomic mass is 16.5. The molecule has 0 aromatic heterocycles. The molecule has 0 aliphatic carbocycles. The quantitative estimate of drug-likeness (QED) is 0.920. The van der Waals surface area contributed by atoms with E-state index in [0.717, 1.165) is 30.7 Å². The van der Waals surface area contributed by atoms with Crippen molar-refractivity contribution < 1.29 is 9.84 Å². The third kappa shape index (κ3) is 3.60. The molecular weight excluding hydrogens is 274 g/mol. The Morgan fingerprint density at radius 3 is 2.91 bits per heavy atom. The first kappa shape index (κ1) is 14.9. The van der Waals surface area contributed by atoms with Gasteiger partial charge in [0.2, 0.25) is 0 Å². The summed E-state index contributed by atoms with van der Waals surface area (Å²) < 4.78 is 5.70. The van der Waals surface area contributed by atoms with Gasteiger partial charge in [0.05, 0.1) is 0 Å². The lowest BCUT2D eigenvalue weighted by molar-refractivity contribution is 0.112. The maximum absolute atomic E-state index is 10.3. The molecule has 116 valence electrons. The highest BCUT2D eigenvalue weighted by molar-refractivity contribution is 5.55. The standard InChI is InChI=1S/C19H23NO2/c1-15-6-4-9-18(12-15)22-14-17(21)13-20-11-5-8-16-7-2-3-10-19(16)20/h2-4,6-7,9-10,12,17,21H,5,8,11,13-14H2,1H3. The minimum Gasteiger partial charge on any atom is -0.491 e. The van der Waals surface area contributed by atoms with Gasteiger partial charge in [-0.3, -0.25) is 0 Å². The third-order valence-electron chi connectivity index (χ3n) is 4.07. The zero-order chi connectivity index (χ0) is 15.4. The minimum atomic E-state index is -0.494. The van der Waals surface area contributed by atoms with Gasteiger partial charge >= 0.3 is 0 Å². The number of benzene rings is 2. The summed E-state index contributed by atoms with van der Waals surface area (Å²) in [6.07, 6.45) is 1.78. The predicted octanol–water partition coefficient (Wildman–Crippen LogP) is 3.19. The molecule has 1 N–H and O–H groups in total. The van der Waals surface area contributed by atoms with Gasteiger partial charge in [-0.1, -0.05) is 30.3 Å². The molecule has 1 unspecified atom stereocenters. The lowest BCUT2D eigenvalue weighted by atomic mass is 10.0. The SMILES string of the molecule is Cc1cccc(OCC(O)CN2CCCc3ccccc32)c1. The normalized spacial score (nSPS) is 15.3. The molecular formula is C19H23NO2. The molecule has 1 aliphatic rings. The number of para-hydroxylation sites is 1. The van der Waals surface area contributed by atoms with Crippen LogP contribution < -0.4 is 9.64 Å². The van der Waals surface area contributed by atoms with E-state index in [9.17, 15) is 5.11 Å². The number of rotatable bonds is 5. The van der Waals surface area contributed by atoms with Gasteiger partial charge < -0.3 is 14.7 Å².